The van der Waals surface area contributed by atoms with Crippen LogP contribution in [0.3, 0.4) is 0 Å². The van der Waals surface area contributed by atoms with Crippen LogP contribution in [-0.2, 0) is 4.79 Å². The van der Waals surface area contributed by atoms with Crippen LogP contribution in [0, 0.1) is 0 Å². The van der Waals surface area contributed by atoms with Crippen LogP contribution in [0.2, 0.25) is 0 Å². The van der Waals surface area contributed by atoms with Crippen LogP contribution < -0.4 is 10.1 Å². The second kappa shape index (κ2) is 9.37. The molecule has 0 saturated carbocycles. The third-order valence-corrected chi connectivity index (χ3v) is 4.41. The Hall–Kier alpha value is -2.14. The minimum absolute atomic E-state index is 0.0475. The van der Waals surface area contributed by atoms with Gasteiger partial charge < -0.3 is 10.1 Å². The molecule has 1 amide bonds. The Morgan fingerprint density at radius 3 is 2.24 bits per heavy atom. The van der Waals surface area contributed by atoms with Gasteiger partial charge in [-0.3, -0.25) is 9.59 Å². The molecule has 0 unspecified atom stereocenters. The van der Waals surface area contributed by atoms with Crippen LogP contribution in [0.1, 0.15) is 48.7 Å². The van der Waals surface area contributed by atoms with Crippen molar-refractivity contribution >= 4 is 27.6 Å². The Morgan fingerprint density at radius 1 is 1.04 bits per heavy atom. The summed E-state index contributed by atoms with van der Waals surface area (Å²) in [7, 11) is 0. The van der Waals surface area contributed by atoms with E-state index in [1.54, 1.807) is 24.3 Å². The standard InChI is InChI=1S/C20H22BrNO3/c1-3-18(14-5-9-16(21)10-6-14)22-20(24)13-25-17-11-7-15(8-12-17)19(23)4-2/h5-12,18H,3-4,13H2,1-2H3,(H,22,24)/t18-/m1/s1. The molecule has 1 atom stereocenters. The average Bonchev–Trinajstić information content (AvgIpc) is 2.65. The Balaban J connectivity index is 1.88. The number of hydrogen-bond donors (Lipinski definition) is 1. The number of halogens is 1. The van der Waals surface area contributed by atoms with E-state index in [-0.39, 0.29) is 24.3 Å². The van der Waals surface area contributed by atoms with Crippen LogP contribution in [-0.4, -0.2) is 18.3 Å². The van der Waals surface area contributed by atoms with Gasteiger partial charge in [0.1, 0.15) is 5.75 Å². The highest BCUT2D eigenvalue weighted by Gasteiger charge is 2.13. The molecular formula is C20H22BrNO3. The fourth-order valence-electron chi connectivity index (χ4n) is 2.44. The van der Waals surface area contributed by atoms with Gasteiger partial charge >= 0.3 is 0 Å². The van der Waals surface area contributed by atoms with Crippen LogP contribution in [0.4, 0.5) is 0 Å². The number of Topliss-reactive ketones (excluding diaryl/α,β-unsaturated/α-hetero) is 1. The van der Waals surface area contributed by atoms with E-state index in [4.69, 9.17) is 4.74 Å². The molecule has 0 aliphatic heterocycles. The zero-order valence-electron chi connectivity index (χ0n) is 14.4. The SMILES string of the molecule is CCC(=O)c1ccc(OCC(=O)N[C@H](CC)c2ccc(Br)cc2)cc1. The maximum atomic E-state index is 12.1. The Labute approximate surface area is 156 Å². The first-order valence-corrected chi connectivity index (χ1v) is 9.13. The third kappa shape index (κ3) is 5.71. The fourth-order valence-corrected chi connectivity index (χ4v) is 2.71. The average molecular weight is 404 g/mol. The molecule has 0 aromatic heterocycles. The number of benzene rings is 2. The van der Waals surface area contributed by atoms with Gasteiger partial charge in [0.05, 0.1) is 6.04 Å². The van der Waals surface area contributed by atoms with Gasteiger partial charge in [-0.2, -0.15) is 0 Å². The second-order valence-electron chi connectivity index (χ2n) is 5.67. The van der Waals surface area contributed by atoms with Crippen LogP contribution >= 0.6 is 15.9 Å². The summed E-state index contributed by atoms with van der Waals surface area (Å²) in [5.41, 5.74) is 1.71. The summed E-state index contributed by atoms with van der Waals surface area (Å²) in [6.07, 6.45) is 1.26. The molecule has 0 aliphatic rings. The van der Waals surface area contributed by atoms with E-state index in [2.05, 4.69) is 21.2 Å². The maximum absolute atomic E-state index is 12.1. The molecule has 0 aliphatic carbocycles. The first-order chi connectivity index (χ1) is 12.0. The van der Waals surface area contributed by atoms with Crippen molar-refractivity contribution in [1.82, 2.24) is 5.32 Å². The van der Waals surface area contributed by atoms with Gasteiger partial charge in [-0.05, 0) is 48.4 Å². The summed E-state index contributed by atoms with van der Waals surface area (Å²) in [5, 5.41) is 2.98. The number of amides is 1. The molecule has 132 valence electrons. The van der Waals surface area contributed by atoms with E-state index in [1.165, 1.54) is 0 Å². The van der Waals surface area contributed by atoms with Gasteiger partial charge in [0.2, 0.25) is 0 Å². The molecule has 0 saturated heterocycles. The molecule has 2 aromatic carbocycles. The first-order valence-electron chi connectivity index (χ1n) is 8.34. The second-order valence-corrected chi connectivity index (χ2v) is 6.59. The summed E-state index contributed by atoms with van der Waals surface area (Å²) in [4.78, 5) is 23.7. The zero-order chi connectivity index (χ0) is 18.2. The van der Waals surface area contributed by atoms with Gasteiger partial charge in [0.15, 0.2) is 12.4 Å². The minimum Gasteiger partial charge on any atom is -0.484 e. The number of ketones is 1. The molecule has 0 spiro atoms. The first kappa shape index (κ1) is 19.2. The lowest BCUT2D eigenvalue weighted by atomic mass is 10.0. The largest absolute Gasteiger partial charge is 0.484 e. The lowest BCUT2D eigenvalue weighted by molar-refractivity contribution is -0.123. The lowest BCUT2D eigenvalue weighted by Crippen LogP contribution is -2.32. The van der Waals surface area contributed by atoms with Crippen molar-refractivity contribution in [3.8, 4) is 5.75 Å². The van der Waals surface area contributed by atoms with Crippen LogP contribution in [0.5, 0.6) is 5.75 Å². The fraction of sp³-hybridized carbons (Fsp3) is 0.300. The van der Waals surface area contributed by atoms with Crippen molar-refractivity contribution in [3.63, 3.8) is 0 Å². The molecule has 5 heteroatoms. The highest BCUT2D eigenvalue weighted by Crippen LogP contribution is 2.19. The van der Waals surface area contributed by atoms with Crippen molar-refractivity contribution in [1.29, 1.82) is 0 Å². The topological polar surface area (TPSA) is 55.4 Å². The van der Waals surface area contributed by atoms with Crippen LogP contribution in [0.25, 0.3) is 0 Å². The molecule has 0 fully saturated rings. The number of carbonyl (C=O) groups excluding carboxylic acids is 2. The molecule has 1 N–H and O–H groups in total. The van der Waals surface area contributed by atoms with Gasteiger partial charge in [-0.25, -0.2) is 0 Å². The minimum atomic E-state index is -0.177. The quantitative estimate of drug-likeness (QED) is 0.650. The molecular weight excluding hydrogens is 382 g/mol. The predicted octanol–water partition coefficient (Wildman–Crippen LogP) is 4.69. The van der Waals surface area contributed by atoms with E-state index in [9.17, 15) is 9.59 Å². The van der Waals surface area contributed by atoms with Crippen molar-refractivity contribution in [2.45, 2.75) is 32.7 Å². The van der Waals surface area contributed by atoms with Crippen molar-refractivity contribution in [3.05, 3.63) is 64.1 Å². The monoisotopic (exact) mass is 403 g/mol. The Morgan fingerprint density at radius 2 is 1.68 bits per heavy atom. The molecule has 2 rings (SSSR count). The maximum Gasteiger partial charge on any atom is 0.258 e. The lowest BCUT2D eigenvalue weighted by Gasteiger charge is -2.18. The molecule has 25 heavy (non-hydrogen) atoms. The van der Waals surface area contributed by atoms with Gasteiger partial charge in [0.25, 0.3) is 5.91 Å². The van der Waals surface area contributed by atoms with Crippen molar-refractivity contribution < 1.29 is 14.3 Å². The summed E-state index contributed by atoms with van der Waals surface area (Å²) < 4.78 is 6.51. The van der Waals surface area contributed by atoms with Gasteiger partial charge in [-0.1, -0.05) is 41.9 Å². The normalized spacial score (nSPS) is 11.6. The number of carbonyl (C=O) groups is 2. The Kier molecular flexibility index (Phi) is 7.19. The molecule has 0 heterocycles. The number of rotatable bonds is 8. The Bertz CT molecular complexity index is 711. The van der Waals surface area contributed by atoms with E-state index < -0.39 is 0 Å². The summed E-state index contributed by atoms with van der Waals surface area (Å²) >= 11 is 3.41. The van der Waals surface area contributed by atoms with Gasteiger partial charge in [-0.15, -0.1) is 0 Å². The number of ether oxygens (including phenoxy) is 1. The van der Waals surface area contributed by atoms with Gasteiger partial charge in [0, 0.05) is 16.5 Å². The smallest absolute Gasteiger partial charge is 0.258 e. The van der Waals surface area contributed by atoms with Crippen molar-refractivity contribution in [2.24, 2.45) is 0 Å². The number of hydrogen-bond acceptors (Lipinski definition) is 3. The molecule has 4 nitrogen and oxygen atoms in total. The van der Waals surface area contributed by atoms with Crippen molar-refractivity contribution in [2.75, 3.05) is 6.61 Å². The zero-order valence-corrected chi connectivity index (χ0v) is 16.0. The number of nitrogens with one attached hydrogen (secondary N) is 1. The molecule has 2 aromatic rings. The molecule has 0 bridgehead atoms. The summed E-state index contributed by atoms with van der Waals surface area (Å²) in [6.45, 7) is 3.79. The van der Waals surface area contributed by atoms with Crippen LogP contribution in [0.15, 0.2) is 53.0 Å². The summed E-state index contributed by atoms with van der Waals surface area (Å²) in [6, 6.07) is 14.7. The predicted molar refractivity (Wildman–Crippen MR) is 102 cm³/mol. The van der Waals surface area contributed by atoms with E-state index >= 15 is 0 Å². The van der Waals surface area contributed by atoms with E-state index in [0.717, 1.165) is 16.5 Å². The summed E-state index contributed by atoms with van der Waals surface area (Å²) in [5.74, 6) is 0.479. The van der Waals surface area contributed by atoms with E-state index in [1.807, 2.05) is 38.1 Å². The molecule has 0 radical (unpaired) electrons. The highest BCUT2D eigenvalue weighted by molar-refractivity contribution is 9.10. The third-order valence-electron chi connectivity index (χ3n) is 3.88. The highest BCUT2D eigenvalue weighted by atomic mass is 79.9. The van der Waals surface area contributed by atoms with E-state index in [0.29, 0.717) is 17.7 Å².